The summed E-state index contributed by atoms with van der Waals surface area (Å²) in [4.78, 5) is 26.1. The molecule has 1 N–H and O–H groups in total. The number of likely N-dealkylation sites (tertiary alicyclic amines) is 1. The summed E-state index contributed by atoms with van der Waals surface area (Å²) in [5, 5.41) is 3.37. The summed E-state index contributed by atoms with van der Waals surface area (Å²) in [7, 11) is 0. The summed E-state index contributed by atoms with van der Waals surface area (Å²) in [6, 6.07) is 0. The van der Waals surface area contributed by atoms with Gasteiger partial charge in [0.05, 0.1) is 11.8 Å². The van der Waals surface area contributed by atoms with Crippen molar-refractivity contribution in [2.75, 3.05) is 19.6 Å². The first-order valence-electron chi connectivity index (χ1n) is 7.24. The number of amides is 2. The molecule has 3 fully saturated rings. The topological polar surface area (TPSA) is 49.4 Å². The van der Waals surface area contributed by atoms with Crippen LogP contribution in [0.5, 0.6) is 0 Å². The van der Waals surface area contributed by atoms with Crippen LogP contribution in [0.1, 0.15) is 32.6 Å². The Morgan fingerprint density at radius 2 is 1.83 bits per heavy atom. The second-order valence-electron chi connectivity index (χ2n) is 6.16. The van der Waals surface area contributed by atoms with E-state index >= 15 is 0 Å². The normalized spacial score (nSPS) is 40.4. The van der Waals surface area contributed by atoms with Crippen molar-refractivity contribution >= 4 is 11.8 Å². The Balaban J connectivity index is 1.69. The number of piperidine rings is 1. The molecule has 0 aromatic heterocycles. The molecular formula is C14H22N2O2. The average molecular weight is 250 g/mol. The Labute approximate surface area is 108 Å². The zero-order valence-electron chi connectivity index (χ0n) is 11.0. The molecule has 4 nitrogen and oxygen atoms in total. The van der Waals surface area contributed by atoms with E-state index in [-0.39, 0.29) is 23.7 Å². The molecular weight excluding hydrogens is 228 g/mol. The standard InChI is InChI=1S/C14H22N2O2/c1-9-5-6-15-7-10(9)8-16-13(17)11-3-2-4-12(11)14(16)18/h9-12,15H,2-8H2,1H3. The summed E-state index contributed by atoms with van der Waals surface area (Å²) >= 11 is 0. The number of fused-ring (bicyclic) bond motifs is 1. The molecule has 1 saturated carbocycles. The fourth-order valence-electron chi connectivity index (χ4n) is 3.77. The molecule has 3 rings (SSSR count). The Hall–Kier alpha value is -0.900. The Kier molecular flexibility index (Phi) is 3.14. The van der Waals surface area contributed by atoms with Crippen LogP contribution in [-0.4, -0.2) is 36.3 Å². The molecule has 2 amide bonds. The zero-order valence-corrected chi connectivity index (χ0v) is 11.0. The highest BCUT2D eigenvalue weighted by Gasteiger charge is 2.50. The number of rotatable bonds is 2. The van der Waals surface area contributed by atoms with E-state index in [1.54, 1.807) is 4.90 Å². The summed E-state index contributed by atoms with van der Waals surface area (Å²) in [5.41, 5.74) is 0. The van der Waals surface area contributed by atoms with E-state index in [1.807, 2.05) is 0 Å². The van der Waals surface area contributed by atoms with Gasteiger partial charge < -0.3 is 5.32 Å². The maximum absolute atomic E-state index is 12.3. The zero-order chi connectivity index (χ0) is 12.7. The third kappa shape index (κ3) is 1.87. The molecule has 4 unspecified atom stereocenters. The average Bonchev–Trinajstić information content (AvgIpc) is 2.92. The van der Waals surface area contributed by atoms with Gasteiger partial charge in [0.2, 0.25) is 11.8 Å². The second kappa shape index (κ2) is 4.65. The molecule has 100 valence electrons. The molecule has 18 heavy (non-hydrogen) atoms. The van der Waals surface area contributed by atoms with Gasteiger partial charge in [-0.05, 0) is 44.2 Å². The first kappa shape index (κ1) is 12.2. The van der Waals surface area contributed by atoms with Gasteiger partial charge in [0.25, 0.3) is 0 Å². The first-order chi connectivity index (χ1) is 8.68. The van der Waals surface area contributed by atoms with Crippen LogP contribution in [0.3, 0.4) is 0 Å². The molecule has 1 aliphatic carbocycles. The van der Waals surface area contributed by atoms with E-state index in [1.165, 1.54) is 0 Å². The number of imide groups is 1. The number of nitrogens with zero attached hydrogens (tertiary/aromatic N) is 1. The number of nitrogens with one attached hydrogen (secondary N) is 1. The summed E-state index contributed by atoms with van der Waals surface area (Å²) in [6.07, 6.45) is 4.03. The summed E-state index contributed by atoms with van der Waals surface area (Å²) in [5.74, 6) is 1.30. The number of hydrogen-bond donors (Lipinski definition) is 1. The van der Waals surface area contributed by atoms with Gasteiger partial charge >= 0.3 is 0 Å². The van der Waals surface area contributed by atoms with Crippen molar-refractivity contribution in [2.45, 2.75) is 32.6 Å². The monoisotopic (exact) mass is 250 g/mol. The number of hydrogen-bond acceptors (Lipinski definition) is 3. The van der Waals surface area contributed by atoms with Crippen molar-refractivity contribution < 1.29 is 9.59 Å². The van der Waals surface area contributed by atoms with Crippen LogP contribution in [-0.2, 0) is 9.59 Å². The largest absolute Gasteiger partial charge is 0.316 e. The van der Waals surface area contributed by atoms with Crippen LogP contribution in [0.4, 0.5) is 0 Å². The van der Waals surface area contributed by atoms with Gasteiger partial charge in [-0.15, -0.1) is 0 Å². The van der Waals surface area contributed by atoms with Crippen molar-refractivity contribution in [1.82, 2.24) is 10.2 Å². The molecule has 0 aromatic rings. The molecule has 0 bridgehead atoms. The van der Waals surface area contributed by atoms with Crippen molar-refractivity contribution in [3.8, 4) is 0 Å². The Morgan fingerprint density at radius 3 is 2.44 bits per heavy atom. The molecule has 2 heterocycles. The van der Waals surface area contributed by atoms with Crippen molar-refractivity contribution in [1.29, 1.82) is 0 Å². The van der Waals surface area contributed by atoms with Crippen LogP contribution in [0.2, 0.25) is 0 Å². The molecule has 2 aliphatic heterocycles. The highest BCUT2D eigenvalue weighted by molar-refractivity contribution is 6.05. The summed E-state index contributed by atoms with van der Waals surface area (Å²) in [6.45, 7) is 4.87. The third-order valence-electron chi connectivity index (χ3n) is 5.09. The predicted molar refractivity (Wildman–Crippen MR) is 67.7 cm³/mol. The maximum Gasteiger partial charge on any atom is 0.233 e. The molecule has 4 heteroatoms. The van der Waals surface area contributed by atoms with Gasteiger partial charge in [-0.3, -0.25) is 14.5 Å². The first-order valence-corrected chi connectivity index (χ1v) is 7.24. The van der Waals surface area contributed by atoms with Crippen LogP contribution < -0.4 is 5.32 Å². The lowest BCUT2D eigenvalue weighted by Gasteiger charge is -2.32. The van der Waals surface area contributed by atoms with Gasteiger partial charge in [-0.25, -0.2) is 0 Å². The predicted octanol–water partition coefficient (Wildman–Crippen LogP) is 1.02. The SMILES string of the molecule is CC1CCNCC1CN1C(=O)C2CCCC2C1=O. The Bertz CT molecular complexity index is 347. The van der Waals surface area contributed by atoms with Gasteiger partial charge in [-0.2, -0.15) is 0 Å². The van der Waals surface area contributed by atoms with E-state index in [9.17, 15) is 9.59 Å². The minimum absolute atomic E-state index is 0.0179. The van der Waals surface area contributed by atoms with E-state index in [2.05, 4.69) is 12.2 Å². The third-order valence-corrected chi connectivity index (χ3v) is 5.09. The van der Waals surface area contributed by atoms with Crippen LogP contribution in [0.25, 0.3) is 0 Å². The van der Waals surface area contributed by atoms with Gasteiger partial charge in [-0.1, -0.05) is 13.3 Å². The second-order valence-corrected chi connectivity index (χ2v) is 6.16. The fraction of sp³-hybridized carbons (Fsp3) is 0.857. The lowest BCUT2D eigenvalue weighted by molar-refractivity contribution is -0.141. The highest BCUT2D eigenvalue weighted by Crippen LogP contribution is 2.40. The molecule has 0 aromatic carbocycles. The number of carbonyl (C=O) groups is 2. The Morgan fingerprint density at radius 1 is 1.17 bits per heavy atom. The van der Waals surface area contributed by atoms with Crippen molar-refractivity contribution in [2.24, 2.45) is 23.7 Å². The maximum atomic E-state index is 12.3. The van der Waals surface area contributed by atoms with Crippen molar-refractivity contribution in [3.05, 3.63) is 0 Å². The van der Waals surface area contributed by atoms with E-state index in [0.29, 0.717) is 18.4 Å². The van der Waals surface area contributed by atoms with Gasteiger partial charge in [0.15, 0.2) is 0 Å². The van der Waals surface area contributed by atoms with E-state index in [4.69, 9.17) is 0 Å². The number of carbonyl (C=O) groups excluding carboxylic acids is 2. The quantitative estimate of drug-likeness (QED) is 0.744. The smallest absolute Gasteiger partial charge is 0.233 e. The van der Waals surface area contributed by atoms with Crippen LogP contribution >= 0.6 is 0 Å². The molecule has 4 atom stereocenters. The van der Waals surface area contributed by atoms with E-state index < -0.39 is 0 Å². The highest BCUT2D eigenvalue weighted by atomic mass is 16.2. The lowest BCUT2D eigenvalue weighted by Crippen LogP contribution is -2.44. The summed E-state index contributed by atoms with van der Waals surface area (Å²) < 4.78 is 0. The minimum atomic E-state index is 0.0179. The molecule has 3 aliphatic rings. The molecule has 0 radical (unpaired) electrons. The lowest BCUT2D eigenvalue weighted by atomic mass is 9.87. The fourth-order valence-corrected chi connectivity index (χ4v) is 3.77. The van der Waals surface area contributed by atoms with Gasteiger partial charge in [0, 0.05) is 6.54 Å². The molecule has 2 saturated heterocycles. The van der Waals surface area contributed by atoms with Crippen molar-refractivity contribution in [3.63, 3.8) is 0 Å². The van der Waals surface area contributed by atoms with Crippen LogP contribution in [0.15, 0.2) is 0 Å². The molecule has 0 spiro atoms. The van der Waals surface area contributed by atoms with Gasteiger partial charge in [0.1, 0.15) is 0 Å². The minimum Gasteiger partial charge on any atom is -0.316 e. The van der Waals surface area contributed by atoms with Crippen LogP contribution in [0, 0.1) is 23.7 Å². The van der Waals surface area contributed by atoms with E-state index in [0.717, 1.165) is 38.8 Å².